The van der Waals surface area contributed by atoms with Crippen molar-refractivity contribution in [3.8, 4) is 0 Å². The van der Waals surface area contributed by atoms with Crippen LogP contribution in [0.1, 0.15) is 25.7 Å². The topological polar surface area (TPSA) is 80.3 Å². The highest BCUT2D eigenvalue weighted by atomic mass is 127. The summed E-state index contributed by atoms with van der Waals surface area (Å²) in [4.78, 5) is 36.1. The van der Waals surface area contributed by atoms with E-state index < -0.39 is 0 Å². The van der Waals surface area contributed by atoms with Gasteiger partial charge in [-0.2, -0.15) is 0 Å². The van der Waals surface area contributed by atoms with Crippen molar-refractivity contribution in [2.24, 2.45) is 28.7 Å². The molecule has 0 radical (unpaired) electrons. The van der Waals surface area contributed by atoms with Crippen molar-refractivity contribution in [3.63, 3.8) is 0 Å². The normalized spacial score (nSPS) is 30.1. The van der Waals surface area contributed by atoms with E-state index in [1.54, 1.807) is 7.05 Å². The molecule has 2 aliphatic heterocycles. The number of hydrogen-bond acceptors (Lipinski definition) is 5. The lowest BCUT2D eigenvalue weighted by atomic mass is 9.85. The Morgan fingerprint density at radius 1 is 0.938 bits per heavy atom. The third-order valence-electron chi connectivity index (χ3n) is 7.43. The second-order valence-electron chi connectivity index (χ2n) is 9.46. The number of fused-ring (bicyclic) bond motifs is 5. The summed E-state index contributed by atoms with van der Waals surface area (Å²) in [7, 11) is 3.96. The molecule has 4 atom stereocenters. The Balaban J connectivity index is 0.00000289. The molecule has 4 rings (SSSR count). The molecule has 0 aromatic carbocycles. The van der Waals surface area contributed by atoms with E-state index in [9.17, 15) is 9.59 Å². The fourth-order valence-corrected chi connectivity index (χ4v) is 5.59. The number of amides is 2. The summed E-state index contributed by atoms with van der Waals surface area (Å²) >= 11 is 0. The molecule has 2 N–H and O–H groups in total. The smallest absolute Gasteiger partial charge is 0.233 e. The van der Waals surface area contributed by atoms with Gasteiger partial charge in [-0.05, 0) is 51.1 Å². The lowest BCUT2D eigenvalue weighted by molar-refractivity contribution is -0.140. The third kappa shape index (κ3) is 5.64. The Labute approximate surface area is 209 Å². The minimum Gasteiger partial charge on any atom is -0.356 e. The second kappa shape index (κ2) is 11.8. The zero-order chi connectivity index (χ0) is 21.8. The van der Waals surface area contributed by atoms with Crippen molar-refractivity contribution in [2.75, 3.05) is 66.5 Å². The molecule has 2 bridgehead atoms. The fraction of sp³-hybridized carbons (Fsp3) is 0.783. The van der Waals surface area contributed by atoms with Crippen LogP contribution in [0.25, 0.3) is 0 Å². The third-order valence-corrected chi connectivity index (χ3v) is 7.43. The molecular weight excluding hydrogens is 519 g/mol. The van der Waals surface area contributed by atoms with E-state index in [1.807, 2.05) is 0 Å². The molecule has 0 spiro atoms. The summed E-state index contributed by atoms with van der Waals surface area (Å²) in [5.41, 5.74) is 0. The minimum atomic E-state index is -0.0873. The van der Waals surface area contributed by atoms with Gasteiger partial charge < -0.3 is 20.4 Å². The number of allylic oxidation sites excluding steroid dienone is 2. The number of hydrogen-bond donors (Lipinski definition) is 2. The van der Waals surface area contributed by atoms with Crippen LogP contribution in [0, 0.1) is 23.7 Å². The maximum atomic E-state index is 12.7. The molecule has 3 fully saturated rings. The Morgan fingerprint density at radius 2 is 1.53 bits per heavy atom. The summed E-state index contributed by atoms with van der Waals surface area (Å²) < 4.78 is 0. The lowest BCUT2D eigenvalue weighted by Crippen LogP contribution is -2.44. The Bertz CT molecular complexity index is 691. The summed E-state index contributed by atoms with van der Waals surface area (Å²) in [5.74, 6) is 1.29. The average Bonchev–Trinajstić information content (AvgIpc) is 3.45. The van der Waals surface area contributed by atoms with Gasteiger partial charge in [0.2, 0.25) is 11.8 Å². The van der Waals surface area contributed by atoms with Gasteiger partial charge in [0.1, 0.15) is 0 Å². The highest BCUT2D eigenvalue weighted by molar-refractivity contribution is 14.0. The predicted molar refractivity (Wildman–Crippen MR) is 137 cm³/mol. The number of likely N-dealkylation sites (N-methyl/N-ethyl adjacent to an activating group) is 1. The lowest BCUT2D eigenvalue weighted by Gasteiger charge is -2.32. The van der Waals surface area contributed by atoms with Gasteiger partial charge in [0.25, 0.3) is 0 Å². The summed E-state index contributed by atoms with van der Waals surface area (Å²) in [6.07, 6.45) is 8.31. The first-order valence-electron chi connectivity index (χ1n) is 12.0. The number of guanidine groups is 1. The highest BCUT2D eigenvalue weighted by Crippen LogP contribution is 2.52. The number of carbonyl (C=O) groups excluding carboxylic acids is 2. The molecule has 0 aromatic heterocycles. The van der Waals surface area contributed by atoms with Crippen LogP contribution in [0.3, 0.4) is 0 Å². The number of halogens is 1. The van der Waals surface area contributed by atoms with Crippen molar-refractivity contribution < 1.29 is 9.59 Å². The molecule has 2 amide bonds. The van der Waals surface area contributed by atoms with Crippen LogP contribution in [-0.2, 0) is 9.59 Å². The Kier molecular flexibility index (Phi) is 9.36. The van der Waals surface area contributed by atoms with Gasteiger partial charge in [-0.25, -0.2) is 0 Å². The van der Waals surface area contributed by atoms with E-state index in [2.05, 4.69) is 44.6 Å². The largest absolute Gasteiger partial charge is 0.356 e. The Hall–Kier alpha value is -1.20. The maximum absolute atomic E-state index is 12.7. The molecule has 32 heavy (non-hydrogen) atoms. The van der Waals surface area contributed by atoms with E-state index in [1.165, 1.54) is 44.0 Å². The fourth-order valence-electron chi connectivity index (χ4n) is 5.59. The first-order chi connectivity index (χ1) is 15.1. The van der Waals surface area contributed by atoms with Crippen molar-refractivity contribution in [3.05, 3.63) is 12.2 Å². The summed E-state index contributed by atoms with van der Waals surface area (Å²) in [5, 5.41) is 6.68. The second-order valence-corrected chi connectivity index (χ2v) is 9.46. The first kappa shape index (κ1) is 25.4. The number of nitrogens with one attached hydrogen (secondary N) is 2. The van der Waals surface area contributed by atoms with Crippen LogP contribution in [0.15, 0.2) is 17.1 Å². The zero-order valence-corrected chi connectivity index (χ0v) is 21.8. The molecule has 8 nitrogen and oxygen atoms in total. The number of piperazine rings is 1. The van der Waals surface area contributed by atoms with Crippen LogP contribution >= 0.6 is 24.0 Å². The average molecular weight is 559 g/mol. The van der Waals surface area contributed by atoms with Crippen molar-refractivity contribution in [1.29, 1.82) is 0 Å². The molecule has 9 heteroatoms. The highest BCUT2D eigenvalue weighted by Gasteiger charge is 2.58. The molecule has 2 saturated heterocycles. The molecule has 2 aliphatic carbocycles. The number of likely N-dealkylation sites (tertiary alicyclic amines) is 1. The van der Waals surface area contributed by atoms with E-state index in [0.29, 0.717) is 13.1 Å². The van der Waals surface area contributed by atoms with Crippen LogP contribution in [0.4, 0.5) is 0 Å². The molecule has 4 unspecified atom stereocenters. The Morgan fingerprint density at radius 3 is 2.12 bits per heavy atom. The van der Waals surface area contributed by atoms with Gasteiger partial charge in [0.15, 0.2) is 5.96 Å². The van der Waals surface area contributed by atoms with Crippen LogP contribution in [0.2, 0.25) is 0 Å². The summed E-state index contributed by atoms with van der Waals surface area (Å²) in [6.45, 7) is 7.94. The molecule has 1 saturated carbocycles. The summed E-state index contributed by atoms with van der Waals surface area (Å²) in [6, 6.07) is 0. The van der Waals surface area contributed by atoms with Crippen LogP contribution in [0.5, 0.6) is 0 Å². The van der Waals surface area contributed by atoms with E-state index >= 15 is 0 Å². The van der Waals surface area contributed by atoms with Gasteiger partial charge in [-0.15, -0.1) is 24.0 Å². The van der Waals surface area contributed by atoms with E-state index in [0.717, 1.165) is 31.8 Å². The van der Waals surface area contributed by atoms with Gasteiger partial charge in [0, 0.05) is 52.9 Å². The molecule has 180 valence electrons. The minimum absolute atomic E-state index is 0. The van der Waals surface area contributed by atoms with Gasteiger partial charge in [-0.1, -0.05) is 12.2 Å². The number of carbonyl (C=O) groups is 2. The maximum Gasteiger partial charge on any atom is 0.233 e. The van der Waals surface area contributed by atoms with Gasteiger partial charge in [-0.3, -0.25) is 19.5 Å². The van der Waals surface area contributed by atoms with Crippen LogP contribution < -0.4 is 10.6 Å². The van der Waals surface area contributed by atoms with Crippen LogP contribution in [-0.4, -0.2) is 98.9 Å². The molecular formula is C23H39IN6O2. The quantitative estimate of drug-likeness (QED) is 0.110. The predicted octanol–water partition coefficient (Wildman–Crippen LogP) is 0.994. The molecule has 0 aromatic rings. The number of nitrogens with zero attached hydrogens (tertiary/aromatic N) is 4. The van der Waals surface area contributed by atoms with Gasteiger partial charge in [0.05, 0.1) is 11.8 Å². The van der Waals surface area contributed by atoms with Gasteiger partial charge >= 0.3 is 0 Å². The number of aliphatic imine (C=N–C) groups is 1. The number of imide groups is 1. The molecule has 2 heterocycles. The van der Waals surface area contributed by atoms with Crippen molar-refractivity contribution >= 4 is 41.8 Å². The molecule has 4 aliphatic rings. The number of rotatable bonds is 9. The standard InChI is InChI=1S/C23H38N6O2.HI/c1-24-23(25-8-3-4-10-28-14-12-27(2)13-15-28)26-9-5-11-29-21(30)19-17-6-7-18(16-17)20(19)22(29)31;/h6-7,17-20H,3-5,8-16H2,1-2H3,(H2,24,25,26);1H. The van der Waals surface area contributed by atoms with Crippen molar-refractivity contribution in [2.45, 2.75) is 25.7 Å². The van der Waals surface area contributed by atoms with Crippen molar-refractivity contribution in [1.82, 2.24) is 25.3 Å². The first-order valence-corrected chi connectivity index (χ1v) is 12.0. The number of unbranched alkanes of at least 4 members (excludes halogenated alkanes) is 1. The zero-order valence-electron chi connectivity index (χ0n) is 19.5. The SMILES string of the molecule is CN=C(NCCCCN1CCN(C)CC1)NCCCN1C(=O)C2C3C=CC(C3)C2C1=O.I. The van der Waals surface area contributed by atoms with E-state index in [4.69, 9.17) is 0 Å². The van der Waals surface area contributed by atoms with E-state index in [-0.39, 0.29) is 59.5 Å². The monoisotopic (exact) mass is 558 g/mol.